The van der Waals surface area contributed by atoms with Crippen LogP contribution in [-0.2, 0) is 44.8 Å². The van der Waals surface area contributed by atoms with Crippen molar-refractivity contribution in [3.05, 3.63) is 156 Å². The quantitative estimate of drug-likeness (QED) is 0.272. The molecule has 0 amide bonds. The molecule has 1 aliphatic rings. The van der Waals surface area contributed by atoms with Gasteiger partial charge in [-0.25, -0.2) is 0 Å². The average molecular weight is 502 g/mol. The summed E-state index contributed by atoms with van der Waals surface area (Å²) in [7, 11) is 0. The van der Waals surface area contributed by atoms with Crippen LogP contribution in [0.2, 0.25) is 0 Å². The summed E-state index contributed by atoms with van der Waals surface area (Å²) in [6, 6.07) is 42.0. The second-order valence-electron chi connectivity index (χ2n) is 8.04. The molecule has 1 heterocycles. The van der Waals surface area contributed by atoms with Gasteiger partial charge < -0.3 is 11.0 Å². The number of nitrogens with zero attached hydrogens (tertiary/aromatic N) is 2. The molecule has 5 rings (SSSR count). The Hall–Kier alpha value is -2.81. The van der Waals surface area contributed by atoms with E-state index in [0.717, 1.165) is 23.5 Å². The van der Waals surface area contributed by atoms with Crippen molar-refractivity contribution < 1.29 is 32.7 Å². The molecule has 0 spiro atoms. The van der Waals surface area contributed by atoms with Crippen LogP contribution < -0.4 is 0 Å². The van der Waals surface area contributed by atoms with Crippen molar-refractivity contribution >= 4 is 5.84 Å². The van der Waals surface area contributed by atoms with E-state index < -0.39 is 5.54 Å². The Labute approximate surface area is 221 Å². The molecular weight excluding hydrogens is 477 g/mol. The van der Waals surface area contributed by atoms with E-state index in [4.69, 9.17) is 4.99 Å². The molecule has 1 aliphatic heterocycles. The van der Waals surface area contributed by atoms with Crippen LogP contribution >= 0.6 is 0 Å². The van der Waals surface area contributed by atoms with Crippen molar-refractivity contribution in [3.8, 4) is 0 Å². The smallest absolute Gasteiger partial charge is 0.130 e. The van der Waals surface area contributed by atoms with Gasteiger partial charge in [0.1, 0.15) is 5.84 Å². The van der Waals surface area contributed by atoms with Gasteiger partial charge in [-0.1, -0.05) is 121 Å². The van der Waals surface area contributed by atoms with Gasteiger partial charge in [-0.2, -0.15) is 0 Å². The zero-order chi connectivity index (χ0) is 21.8. The van der Waals surface area contributed by atoms with E-state index in [2.05, 4.69) is 127 Å². The first-order valence-electron chi connectivity index (χ1n) is 10.9. The predicted molar refractivity (Wildman–Crippen MR) is 131 cm³/mol. The molecule has 2 nitrogen and oxygen atoms in total. The molecule has 4 aromatic rings. The minimum atomic E-state index is -0.720. The fourth-order valence-corrected chi connectivity index (χ4v) is 4.61. The van der Waals surface area contributed by atoms with Crippen LogP contribution in [-0.4, -0.2) is 10.7 Å². The zero-order valence-electron chi connectivity index (χ0n) is 18.5. The maximum atomic E-state index is 5.38. The molecule has 0 N–H and O–H groups in total. The molecule has 159 valence electrons. The third-order valence-electron chi connectivity index (χ3n) is 6.09. The summed E-state index contributed by atoms with van der Waals surface area (Å²) in [6.07, 6.45) is 3.38. The van der Waals surface area contributed by atoms with Crippen molar-refractivity contribution in [2.75, 3.05) is 0 Å². The molecule has 3 heteroatoms. The monoisotopic (exact) mass is 502 g/mol. The summed E-state index contributed by atoms with van der Waals surface area (Å²) in [5.74, 6) is 0.961. The molecule has 0 fully saturated rings. The van der Waals surface area contributed by atoms with Crippen molar-refractivity contribution in [2.24, 2.45) is 4.99 Å². The van der Waals surface area contributed by atoms with Crippen LogP contribution in [0.15, 0.2) is 133 Å². The Balaban J connectivity index is 0.00000259. The van der Waals surface area contributed by atoms with Crippen molar-refractivity contribution in [1.29, 1.82) is 0 Å². The van der Waals surface area contributed by atoms with Gasteiger partial charge in [0, 0.05) is 44.8 Å². The Morgan fingerprint density at radius 2 is 1.24 bits per heavy atom. The van der Waals surface area contributed by atoms with E-state index in [1.54, 1.807) is 0 Å². The van der Waals surface area contributed by atoms with Crippen molar-refractivity contribution in [3.63, 3.8) is 0 Å². The van der Waals surface area contributed by atoms with Gasteiger partial charge in [0.25, 0.3) is 0 Å². The minimum absolute atomic E-state index is 0. The van der Waals surface area contributed by atoms with E-state index in [9.17, 15) is 0 Å². The number of benzene rings is 4. The van der Waals surface area contributed by atoms with Gasteiger partial charge in [0.15, 0.2) is 0 Å². The van der Waals surface area contributed by atoms with Crippen LogP contribution in [0.5, 0.6) is 0 Å². The SMILES string of the molecule is C=[C-]C1(c2ccccc2)N=C(c2ccccc2)N(Cc2ccccc2)C1c1ccccc1.[Y]. The Morgan fingerprint density at radius 1 is 0.727 bits per heavy atom. The number of rotatable bonds is 6. The van der Waals surface area contributed by atoms with Gasteiger partial charge in [0.05, 0.1) is 6.04 Å². The van der Waals surface area contributed by atoms with E-state index in [1.165, 1.54) is 11.1 Å². The van der Waals surface area contributed by atoms with Gasteiger partial charge in [0.2, 0.25) is 0 Å². The maximum absolute atomic E-state index is 5.38. The summed E-state index contributed by atoms with van der Waals surface area (Å²) in [4.78, 5) is 7.79. The third kappa shape index (κ3) is 4.51. The van der Waals surface area contributed by atoms with Crippen LogP contribution in [0.25, 0.3) is 0 Å². The van der Waals surface area contributed by atoms with Crippen LogP contribution in [0.4, 0.5) is 0 Å². The second kappa shape index (κ2) is 10.4. The fraction of sp³-hybridized carbons (Fsp3) is 0.100. The minimum Gasteiger partial charge on any atom is -0.468 e. The standard InChI is InChI=1S/C30H25N2.Y/c1-2-30(27-21-13-6-14-22-27)28(25-17-9-4-10-18-25)32(23-24-15-7-3-8-16-24)29(31-30)26-19-11-5-12-20-26;/h3-22,28H,1,23H2;/q-1;. The molecule has 1 radical (unpaired) electrons. The van der Waals surface area contributed by atoms with Crippen LogP contribution in [0, 0.1) is 6.08 Å². The Morgan fingerprint density at radius 3 is 1.82 bits per heavy atom. The molecule has 0 bridgehead atoms. The molecular formula is C30H25N2Y-. The van der Waals surface area contributed by atoms with E-state index in [0.29, 0.717) is 0 Å². The molecule has 4 aromatic carbocycles. The summed E-state index contributed by atoms with van der Waals surface area (Å²) in [5, 5.41) is 0. The molecule has 2 atom stereocenters. The number of amidine groups is 1. The molecule has 0 saturated carbocycles. The average Bonchev–Trinajstić information content (AvgIpc) is 3.21. The molecule has 2 unspecified atom stereocenters. The number of aliphatic imine (C=N–C) groups is 1. The van der Waals surface area contributed by atoms with Crippen molar-refractivity contribution in [1.82, 2.24) is 4.90 Å². The van der Waals surface area contributed by atoms with Gasteiger partial charge in [-0.3, -0.25) is 11.6 Å². The van der Waals surface area contributed by atoms with Gasteiger partial charge in [-0.05, 0) is 22.2 Å². The number of hydrogen-bond acceptors (Lipinski definition) is 2. The largest absolute Gasteiger partial charge is 0.468 e. The summed E-state index contributed by atoms with van der Waals surface area (Å²) in [6.45, 7) is 4.92. The zero-order valence-corrected chi connectivity index (χ0v) is 21.3. The first kappa shape index (κ1) is 23.4. The Bertz CT molecular complexity index is 1210. The third-order valence-corrected chi connectivity index (χ3v) is 6.09. The van der Waals surface area contributed by atoms with E-state index in [-0.39, 0.29) is 38.8 Å². The summed E-state index contributed by atoms with van der Waals surface area (Å²) < 4.78 is 0. The normalized spacial score (nSPS) is 19.5. The molecule has 0 aromatic heterocycles. The molecule has 0 aliphatic carbocycles. The van der Waals surface area contributed by atoms with E-state index in [1.807, 2.05) is 12.1 Å². The topological polar surface area (TPSA) is 15.6 Å². The fourth-order valence-electron chi connectivity index (χ4n) is 4.61. The molecule has 33 heavy (non-hydrogen) atoms. The predicted octanol–water partition coefficient (Wildman–Crippen LogP) is 6.57. The summed E-state index contributed by atoms with van der Waals surface area (Å²) in [5.41, 5.74) is 3.90. The van der Waals surface area contributed by atoms with Gasteiger partial charge in [-0.15, -0.1) is 0 Å². The second-order valence-corrected chi connectivity index (χ2v) is 8.04. The van der Waals surface area contributed by atoms with Crippen LogP contribution in [0.3, 0.4) is 0 Å². The first-order chi connectivity index (χ1) is 15.8. The maximum Gasteiger partial charge on any atom is 0.130 e. The Kier molecular flexibility index (Phi) is 7.37. The molecule has 0 saturated heterocycles. The number of hydrogen-bond donors (Lipinski definition) is 0. The summed E-state index contributed by atoms with van der Waals surface area (Å²) >= 11 is 0. The van der Waals surface area contributed by atoms with Gasteiger partial charge >= 0.3 is 0 Å². The van der Waals surface area contributed by atoms with E-state index >= 15 is 0 Å². The van der Waals surface area contributed by atoms with Crippen LogP contribution in [0.1, 0.15) is 28.3 Å². The first-order valence-corrected chi connectivity index (χ1v) is 10.9. The van der Waals surface area contributed by atoms with Crippen molar-refractivity contribution in [2.45, 2.75) is 18.1 Å².